The summed E-state index contributed by atoms with van der Waals surface area (Å²) in [5, 5.41) is 19.6. The Morgan fingerprint density at radius 2 is 1.74 bits per heavy atom. The maximum atomic E-state index is 12.9. The highest BCUT2D eigenvalue weighted by molar-refractivity contribution is 6.02. The van der Waals surface area contributed by atoms with Crippen LogP contribution in [0.4, 0.5) is 5.82 Å². The first kappa shape index (κ1) is 19.9. The predicted octanol–water partition coefficient (Wildman–Crippen LogP) is 4.34. The smallest absolute Gasteiger partial charge is 0.303 e. The highest BCUT2D eigenvalue weighted by Gasteiger charge is 2.25. The van der Waals surface area contributed by atoms with Crippen LogP contribution in [0.25, 0.3) is 22.0 Å². The van der Waals surface area contributed by atoms with Gasteiger partial charge in [0.25, 0.3) is 5.91 Å². The van der Waals surface area contributed by atoms with Crippen LogP contribution in [0, 0.1) is 11.3 Å². The topological polar surface area (TPSA) is 108 Å². The predicted molar refractivity (Wildman–Crippen MR) is 116 cm³/mol. The van der Waals surface area contributed by atoms with E-state index in [2.05, 4.69) is 21.6 Å². The maximum absolute atomic E-state index is 12.9. The minimum absolute atomic E-state index is 0.347. The zero-order chi connectivity index (χ0) is 21.8. The van der Waals surface area contributed by atoms with Crippen molar-refractivity contribution in [1.82, 2.24) is 10.2 Å². The second-order valence-corrected chi connectivity index (χ2v) is 6.91. The lowest BCUT2D eigenvalue weighted by Gasteiger charge is -2.16. The number of carbonyl (C=O) groups is 2. The third-order valence-corrected chi connectivity index (χ3v) is 4.78. The van der Waals surface area contributed by atoms with Crippen molar-refractivity contribution in [3.8, 4) is 17.2 Å². The van der Waals surface area contributed by atoms with Crippen molar-refractivity contribution in [1.29, 1.82) is 5.26 Å². The van der Waals surface area contributed by atoms with Crippen LogP contribution in [0.1, 0.15) is 24.2 Å². The van der Waals surface area contributed by atoms with Gasteiger partial charge in [-0.25, -0.2) is 0 Å². The first-order valence-corrected chi connectivity index (χ1v) is 9.57. The molecule has 0 radical (unpaired) electrons. The molecule has 1 aromatic heterocycles. The zero-order valence-corrected chi connectivity index (χ0v) is 16.6. The van der Waals surface area contributed by atoms with Gasteiger partial charge in [-0.1, -0.05) is 48.5 Å². The van der Waals surface area contributed by atoms with Crippen LogP contribution < -0.4 is 5.32 Å². The largest absolute Gasteiger partial charge is 0.447 e. The van der Waals surface area contributed by atoms with Crippen molar-refractivity contribution >= 4 is 28.6 Å². The van der Waals surface area contributed by atoms with E-state index in [4.69, 9.17) is 10.00 Å². The number of esters is 1. The van der Waals surface area contributed by atoms with Crippen molar-refractivity contribution in [2.24, 2.45) is 0 Å². The van der Waals surface area contributed by atoms with Gasteiger partial charge in [0.1, 0.15) is 0 Å². The van der Waals surface area contributed by atoms with Crippen LogP contribution in [-0.4, -0.2) is 22.1 Å². The van der Waals surface area contributed by atoms with Crippen LogP contribution in [0.5, 0.6) is 0 Å². The van der Waals surface area contributed by atoms with Crippen LogP contribution in [-0.2, 0) is 14.3 Å². The Morgan fingerprint density at radius 1 is 1.03 bits per heavy atom. The summed E-state index contributed by atoms with van der Waals surface area (Å²) in [5.41, 5.74) is 3.80. The van der Waals surface area contributed by atoms with Gasteiger partial charge in [0.05, 0.1) is 17.1 Å². The van der Waals surface area contributed by atoms with Gasteiger partial charge in [-0.05, 0) is 35.4 Å². The van der Waals surface area contributed by atoms with E-state index in [9.17, 15) is 9.59 Å². The van der Waals surface area contributed by atoms with E-state index in [1.807, 2.05) is 36.4 Å². The lowest BCUT2D eigenvalue weighted by molar-refractivity contribution is -0.152. The highest BCUT2D eigenvalue weighted by atomic mass is 16.5. The Labute approximate surface area is 178 Å². The lowest BCUT2D eigenvalue weighted by Crippen LogP contribution is -2.25. The van der Waals surface area contributed by atoms with Gasteiger partial charge in [0.15, 0.2) is 5.82 Å². The van der Waals surface area contributed by atoms with E-state index in [1.165, 1.54) is 6.92 Å². The number of anilines is 1. The molecule has 31 heavy (non-hydrogen) atoms. The first-order chi connectivity index (χ1) is 15.0. The van der Waals surface area contributed by atoms with E-state index in [0.29, 0.717) is 16.9 Å². The molecule has 3 aromatic carbocycles. The number of ether oxygens (including phenoxy) is 1. The summed E-state index contributed by atoms with van der Waals surface area (Å²) in [6.07, 6.45) is -1.08. The standard InChI is InChI=1S/C24H18N4O3/c1-15(29)31-22(18-5-3-2-4-6-18)24(30)26-23-20-12-11-19(13-21(20)27-28-23)17-9-7-16(14-25)8-10-17/h2-13,22H,1H3,(H2,26,27,28,30). The van der Waals surface area contributed by atoms with Crippen LogP contribution in [0.15, 0.2) is 72.8 Å². The molecule has 1 heterocycles. The molecule has 0 saturated carbocycles. The van der Waals surface area contributed by atoms with Crippen molar-refractivity contribution in [3.05, 3.63) is 83.9 Å². The third kappa shape index (κ3) is 4.28. The second-order valence-electron chi connectivity index (χ2n) is 6.91. The number of hydrogen-bond donors (Lipinski definition) is 2. The number of aromatic amines is 1. The van der Waals surface area contributed by atoms with E-state index in [1.54, 1.807) is 36.4 Å². The maximum Gasteiger partial charge on any atom is 0.303 e. The molecule has 7 heteroatoms. The Bertz CT molecular complexity index is 1290. The molecule has 7 nitrogen and oxygen atoms in total. The van der Waals surface area contributed by atoms with Crippen molar-refractivity contribution in [2.75, 3.05) is 5.32 Å². The summed E-state index contributed by atoms with van der Waals surface area (Å²) in [5.74, 6) is -0.701. The number of fused-ring (bicyclic) bond motifs is 1. The molecule has 0 bridgehead atoms. The van der Waals surface area contributed by atoms with E-state index in [-0.39, 0.29) is 0 Å². The van der Waals surface area contributed by atoms with E-state index >= 15 is 0 Å². The molecule has 0 aliphatic carbocycles. The molecule has 0 aliphatic rings. The zero-order valence-electron chi connectivity index (χ0n) is 16.6. The second kappa shape index (κ2) is 8.51. The fourth-order valence-corrected chi connectivity index (χ4v) is 3.28. The number of nitriles is 1. The average Bonchev–Trinajstić information content (AvgIpc) is 3.19. The minimum atomic E-state index is -1.08. The molecular weight excluding hydrogens is 392 g/mol. The number of benzene rings is 3. The molecule has 1 unspecified atom stereocenters. The summed E-state index contributed by atoms with van der Waals surface area (Å²) in [4.78, 5) is 24.4. The van der Waals surface area contributed by atoms with Gasteiger partial charge in [-0.3, -0.25) is 14.7 Å². The number of aromatic nitrogens is 2. The number of H-pyrrole nitrogens is 1. The Morgan fingerprint density at radius 3 is 2.42 bits per heavy atom. The summed E-state index contributed by atoms with van der Waals surface area (Å²) in [7, 11) is 0. The quantitative estimate of drug-likeness (QED) is 0.476. The number of rotatable bonds is 5. The Hall–Kier alpha value is -4.44. The highest BCUT2D eigenvalue weighted by Crippen LogP contribution is 2.28. The normalized spacial score (nSPS) is 11.5. The van der Waals surface area contributed by atoms with Gasteiger partial charge in [-0.2, -0.15) is 10.4 Å². The molecule has 2 N–H and O–H groups in total. The number of nitrogens with one attached hydrogen (secondary N) is 2. The molecule has 0 saturated heterocycles. The molecule has 1 atom stereocenters. The lowest BCUT2D eigenvalue weighted by atomic mass is 10.0. The molecule has 0 fully saturated rings. The summed E-state index contributed by atoms with van der Waals surface area (Å²) in [6, 6.07) is 23.9. The average molecular weight is 410 g/mol. The molecular formula is C24H18N4O3. The number of amides is 1. The summed E-state index contributed by atoms with van der Waals surface area (Å²) in [6.45, 7) is 1.26. The van der Waals surface area contributed by atoms with Gasteiger partial charge < -0.3 is 10.1 Å². The van der Waals surface area contributed by atoms with Gasteiger partial charge >= 0.3 is 5.97 Å². The monoisotopic (exact) mass is 410 g/mol. The number of carbonyl (C=O) groups excluding carboxylic acids is 2. The molecule has 4 aromatic rings. The first-order valence-electron chi connectivity index (χ1n) is 9.57. The summed E-state index contributed by atoms with van der Waals surface area (Å²) >= 11 is 0. The van der Waals surface area contributed by atoms with Crippen LogP contribution in [0.2, 0.25) is 0 Å². The molecule has 1 amide bonds. The molecule has 152 valence electrons. The Balaban J connectivity index is 1.60. The third-order valence-electron chi connectivity index (χ3n) is 4.78. The van der Waals surface area contributed by atoms with Crippen molar-refractivity contribution in [2.45, 2.75) is 13.0 Å². The molecule has 0 aliphatic heterocycles. The Kier molecular flexibility index (Phi) is 5.45. The number of nitrogens with zero attached hydrogens (tertiary/aromatic N) is 2. The van der Waals surface area contributed by atoms with E-state index < -0.39 is 18.0 Å². The fourth-order valence-electron chi connectivity index (χ4n) is 3.28. The van der Waals surface area contributed by atoms with Crippen LogP contribution >= 0.6 is 0 Å². The van der Waals surface area contributed by atoms with E-state index in [0.717, 1.165) is 22.0 Å². The molecule has 0 spiro atoms. The van der Waals surface area contributed by atoms with Crippen molar-refractivity contribution in [3.63, 3.8) is 0 Å². The van der Waals surface area contributed by atoms with Gasteiger partial charge in [0.2, 0.25) is 6.10 Å². The SMILES string of the molecule is CC(=O)OC(C(=O)Nc1n[nH]c2cc(-c3ccc(C#N)cc3)ccc12)c1ccccc1. The van der Waals surface area contributed by atoms with Crippen molar-refractivity contribution < 1.29 is 14.3 Å². The minimum Gasteiger partial charge on any atom is -0.447 e. The molecule has 4 rings (SSSR count). The summed E-state index contributed by atoms with van der Waals surface area (Å²) < 4.78 is 5.24. The fraction of sp³-hybridized carbons (Fsp3) is 0.0833. The van der Waals surface area contributed by atoms with Gasteiger partial charge in [0, 0.05) is 17.9 Å². The number of hydrogen-bond acceptors (Lipinski definition) is 5. The van der Waals surface area contributed by atoms with Gasteiger partial charge in [-0.15, -0.1) is 0 Å². The van der Waals surface area contributed by atoms with Crippen LogP contribution in [0.3, 0.4) is 0 Å².